The first-order valence-corrected chi connectivity index (χ1v) is 8.57. The SMILES string of the molecule is CCOc1ccc(NS(=O)(=O)CCCNC2CC2)cn1. The molecule has 1 saturated carbocycles. The molecule has 2 rings (SSSR count). The summed E-state index contributed by atoms with van der Waals surface area (Å²) in [4.78, 5) is 4.02. The standard InChI is InChI=1S/C13H21N3O3S/c1-2-19-13-7-6-12(10-15-13)16-20(17,18)9-3-8-14-11-4-5-11/h6-7,10-11,14,16H,2-5,8-9H2,1H3. The van der Waals surface area contributed by atoms with Crippen molar-refractivity contribution in [2.75, 3.05) is 23.6 Å². The van der Waals surface area contributed by atoms with Crippen LogP contribution >= 0.6 is 0 Å². The van der Waals surface area contributed by atoms with Crippen molar-refractivity contribution in [1.82, 2.24) is 10.3 Å². The Morgan fingerprint density at radius 3 is 2.80 bits per heavy atom. The van der Waals surface area contributed by atoms with Crippen molar-refractivity contribution in [2.45, 2.75) is 32.2 Å². The van der Waals surface area contributed by atoms with E-state index in [-0.39, 0.29) is 5.75 Å². The van der Waals surface area contributed by atoms with Gasteiger partial charge in [0.05, 0.1) is 24.2 Å². The Hall–Kier alpha value is -1.34. The fraction of sp³-hybridized carbons (Fsp3) is 0.615. The second-order valence-electron chi connectivity index (χ2n) is 4.82. The van der Waals surface area contributed by atoms with Gasteiger partial charge in [-0.15, -0.1) is 0 Å². The molecule has 7 heteroatoms. The van der Waals surface area contributed by atoms with Crippen LogP contribution in [-0.2, 0) is 10.0 Å². The average molecular weight is 299 g/mol. The molecule has 0 aliphatic heterocycles. The molecule has 0 spiro atoms. The zero-order valence-electron chi connectivity index (χ0n) is 11.6. The Bertz CT molecular complexity index is 512. The summed E-state index contributed by atoms with van der Waals surface area (Å²) in [6, 6.07) is 3.91. The minimum absolute atomic E-state index is 0.111. The van der Waals surface area contributed by atoms with Gasteiger partial charge in [0.1, 0.15) is 0 Å². The zero-order chi connectivity index (χ0) is 14.4. The number of hydrogen-bond donors (Lipinski definition) is 2. The largest absolute Gasteiger partial charge is 0.478 e. The van der Waals surface area contributed by atoms with E-state index < -0.39 is 10.0 Å². The molecule has 1 aliphatic carbocycles. The van der Waals surface area contributed by atoms with Crippen LogP contribution in [0.25, 0.3) is 0 Å². The lowest BCUT2D eigenvalue weighted by Crippen LogP contribution is -2.23. The van der Waals surface area contributed by atoms with Crippen LogP contribution in [0.1, 0.15) is 26.2 Å². The first kappa shape index (κ1) is 15.1. The maximum atomic E-state index is 11.9. The number of aromatic nitrogens is 1. The molecule has 1 aliphatic rings. The molecule has 112 valence electrons. The normalized spacial score (nSPS) is 15.1. The van der Waals surface area contributed by atoms with Crippen LogP contribution in [0.2, 0.25) is 0 Å². The lowest BCUT2D eigenvalue weighted by molar-refractivity contribution is 0.327. The van der Waals surface area contributed by atoms with Crippen molar-refractivity contribution in [3.05, 3.63) is 18.3 Å². The summed E-state index contributed by atoms with van der Waals surface area (Å²) in [7, 11) is -3.31. The zero-order valence-corrected chi connectivity index (χ0v) is 12.4. The van der Waals surface area contributed by atoms with E-state index in [9.17, 15) is 8.42 Å². The third-order valence-corrected chi connectivity index (χ3v) is 4.27. The number of nitrogens with one attached hydrogen (secondary N) is 2. The molecular formula is C13H21N3O3S. The van der Waals surface area contributed by atoms with Crippen molar-refractivity contribution < 1.29 is 13.2 Å². The molecule has 0 radical (unpaired) electrons. The van der Waals surface area contributed by atoms with Crippen LogP contribution in [0.4, 0.5) is 5.69 Å². The Labute approximate surface area is 120 Å². The topological polar surface area (TPSA) is 80.3 Å². The highest BCUT2D eigenvalue weighted by Gasteiger charge is 2.20. The van der Waals surface area contributed by atoms with E-state index in [1.807, 2.05) is 6.92 Å². The summed E-state index contributed by atoms with van der Waals surface area (Å²) >= 11 is 0. The molecule has 0 saturated heterocycles. The fourth-order valence-electron chi connectivity index (χ4n) is 1.76. The molecule has 0 amide bonds. The van der Waals surface area contributed by atoms with Gasteiger partial charge in [0.15, 0.2) is 0 Å². The van der Waals surface area contributed by atoms with Crippen molar-refractivity contribution >= 4 is 15.7 Å². The van der Waals surface area contributed by atoms with Crippen LogP contribution in [0.5, 0.6) is 5.88 Å². The smallest absolute Gasteiger partial charge is 0.232 e. The second-order valence-corrected chi connectivity index (χ2v) is 6.66. The van der Waals surface area contributed by atoms with Crippen molar-refractivity contribution in [3.63, 3.8) is 0 Å². The molecule has 1 aromatic heterocycles. The quantitative estimate of drug-likeness (QED) is 0.673. The number of hydrogen-bond acceptors (Lipinski definition) is 5. The predicted molar refractivity (Wildman–Crippen MR) is 78.5 cm³/mol. The summed E-state index contributed by atoms with van der Waals surface area (Å²) < 4.78 is 31.5. The third-order valence-electron chi connectivity index (χ3n) is 2.90. The molecule has 0 atom stereocenters. The van der Waals surface area contributed by atoms with Gasteiger partial charge in [-0.3, -0.25) is 4.72 Å². The number of sulfonamides is 1. The molecule has 2 N–H and O–H groups in total. The summed E-state index contributed by atoms with van der Waals surface area (Å²) in [5, 5.41) is 3.29. The Morgan fingerprint density at radius 1 is 1.40 bits per heavy atom. The van der Waals surface area contributed by atoms with Crippen molar-refractivity contribution in [1.29, 1.82) is 0 Å². The highest BCUT2D eigenvalue weighted by molar-refractivity contribution is 7.92. The van der Waals surface area contributed by atoms with Gasteiger partial charge in [-0.05, 0) is 38.8 Å². The third kappa shape index (κ3) is 5.34. The number of anilines is 1. The monoisotopic (exact) mass is 299 g/mol. The second kappa shape index (κ2) is 6.90. The van der Waals surface area contributed by atoms with E-state index in [0.29, 0.717) is 30.6 Å². The maximum absolute atomic E-state index is 11.9. The van der Waals surface area contributed by atoms with E-state index in [0.717, 1.165) is 6.54 Å². The van der Waals surface area contributed by atoms with Crippen LogP contribution in [0.3, 0.4) is 0 Å². The Balaban J connectivity index is 1.77. The summed E-state index contributed by atoms with van der Waals surface area (Å²) in [6.07, 6.45) is 4.49. The van der Waals surface area contributed by atoms with Gasteiger partial charge in [0.25, 0.3) is 0 Å². The Morgan fingerprint density at radius 2 is 2.20 bits per heavy atom. The van der Waals surface area contributed by atoms with Gasteiger partial charge >= 0.3 is 0 Å². The van der Waals surface area contributed by atoms with Gasteiger partial charge in [-0.25, -0.2) is 13.4 Å². The van der Waals surface area contributed by atoms with E-state index in [1.54, 1.807) is 12.1 Å². The van der Waals surface area contributed by atoms with Crippen molar-refractivity contribution in [2.24, 2.45) is 0 Å². The van der Waals surface area contributed by atoms with E-state index in [1.165, 1.54) is 19.0 Å². The molecule has 0 bridgehead atoms. The van der Waals surface area contributed by atoms with Gasteiger partial charge in [-0.2, -0.15) is 0 Å². The summed E-state index contributed by atoms with van der Waals surface area (Å²) in [5.74, 6) is 0.601. The lowest BCUT2D eigenvalue weighted by atomic mass is 10.4. The number of nitrogens with zero attached hydrogens (tertiary/aromatic N) is 1. The van der Waals surface area contributed by atoms with E-state index in [4.69, 9.17) is 4.74 Å². The fourth-order valence-corrected chi connectivity index (χ4v) is 2.87. The van der Waals surface area contributed by atoms with Gasteiger partial charge in [0.2, 0.25) is 15.9 Å². The molecule has 20 heavy (non-hydrogen) atoms. The van der Waals surface area contributed by atoms with Crippen LogP contribution in [-0.4, -0.2) is 38.3 Å². The minimum Gasteiger partial charge on any atom is -0.478 e. The minimum atomic E-state index is -3.31. The molecule has 1 fully saturated rings. The first-order chi connectivity index (χ1) is 9.59. The number of rotatable bonds is 9. The molecule has 1 aromatic rings. The molecule has 6 nitrogen and oxygen atoms in total. The lowest BCUT2D eigenvalue weighted by Gasteiger charge is -2.08. The maximum Gasteiger partial charge on any atom is 0.232 e. The van der Waals surface area contributed by atoms with E-state index >= 15 is 0 Å². The average Bonchev–Trinajstić information content (AvgIpc) is 3.21. The summed E-state index contributed by atoms with van der Waals surface area (Å²) in [5.41, 5.74) is 0.462. The highest BCUT2D eigenvalue weighted by Crippen LogP contribution is 2.18. The molecule has 1 heterocycles. The van der Waals surface area contributed by atoms with Crippen molar-refractivity contribution in [3.8, 4) is 5.88 Å². The van der Waals surface area contributed by atoms with Crippen LogP contribution < -0.4 is 14.8 Å². The number of pyridine rings is 1. The highest BCUT2D eigenvalue weighted by atomic mass is 32.2. The molecule has 0 unspecified atom stereocenters. The van der Waals surface area contributed by atoms with Gasteiger partial charge in [0, 0.05) is 12.1 Å². The van der Waals surface area contributed by atoms with Crippen LogP contribution in [0.15, 0.2) is 18.3 Å². The van der Waals surface area contributed by atoms with Gasteiger partial charge in [-0.1, -0.05) is 0 Å². The van der Waals surface area contributed by atoms with E-state index in [2.05, 4.69) is 15.0 Å². The molecular weight excluding hydrogens is 278 g/mol. The predicted octanol–water partition coefficient (Wildman–Crippen LogP) is 1.36. The van der Waals surface area contributed by atoms with Gasteiger partial charge < -0.3 is 10.1 Å². The molecule has 0 aromatic carbocycles. The first-order valence-electron chi connectivity index (χ1n) is 6.92. The summed E-state index contributed by atoms with van der Waals surface area (Å²) in [6.45, 7) is 3.15. The Kier molecular flexibility index (Phi) is 5.19. The van der Waals surface area contributed by atoms with Crippen LogP contribution in [0, 0.1) is 0 Å². The number of ether oxygens (including phenoxy) is 1.